The monoisotopic (exact) mass is 384 g/mol. The maximum absolute atomic E-state index is 13.7. The van der Waals surface area contributed by atoms with Crippen LogP contribution in [0.15, 0.2) is 47.5 Å². The van der Waals surface area contributed by atoms with Crippen LogP contribution in [0.5, 0.6) is 0 Å². The summed E-state index contributed by atoms with van der Waals surface area (Å²) in [5, 5.41) is 9.27. The lowest BCUT2D eigenvalue weighted by Crippen LogP contribution is -2.36. The van der Waals surface area contributed by atoms with Crippen molar-refractivity contribution in [2.24, 2.45) is 4.99 Å². The molecule has 1 amide bonds. The molecule has 0 aliphatic heterocycles. The molecular formula is C22H29FN4O. The smallest absolute Gasteiger partial charge is 0.251 e. The third kappa shape index (κ3) is 6.68. The minimum Gasteiger partial charge on any atom is -0.357 e. The van der Waals surface area contributed by atoms with Gasteiger partial charge in [0.2, 0.25) is 0 Å². The van der Waals surface area contributed by atoms with Crippen LogP contribution in [0.4, 0.5) is 4.39 Å². The molecule has 6 heteroatoms. The van der Waals surface area contributed by atoms with E-state index in [1.165, 1.54) is 6.07 Å². The van der Waals surface area contributed by atoms with Gasteiger partial charge in [-0.05, 0) is 55.2 Å². The van der Waals surface area contributed by atoms with E-state index in [9.17, 15) is 9.18 Å². The van der Waals surface area contributed by atoms with Gasteiger partial charge in [0.1, 0.15) is 5.82 Å². The number of carbonyl (C=O) groups is 1. The lowest BCUT2D eigenvalue weighted by atomic mass is 10.1. The van der Waals surface area contributed by atoms with E-state index >= 15 is 0 Å². The van der Waals surface area contributed by atoms with Gasteiger partial charge >= 0.3 is 0 Å². The fourth-order valence-electron chi connectivity index (χ4n) is 2.60. The van der Waals surface area contributed by atoms with Crippen molar-refractivity contribution in [3.8, 4) is 0 Å². The second-order valence-corrected chi connectivity index (χ2v) is 6.59. The van der Waals surface area contributed by atoms with Crippen molar-refractivity contribution in [2.75, 3.05) is 13.1 Å². The zero-order valence-corrected chi connectivity index (χ0v) is 16.8. The topological polar surface area (TPSA) is 65.5 Å². The Morgan fingerprint density at radius 1 is 1.04 bits per heavy atom. The Morgan fingerprint density at radius 2 is 1.86 bits per heavy atom. The van der Waals surface area contributed by atoms with Crippen LogP contribution >= 0.6 is 0 Å². The number of aliphatic imine (C=N–C) groups is 1. The van der Waals surface area contributed by atoms with Crippen molar-refractivity contribution >= 4 is 11.9 Å². The standard InChI is InChI=1S/C22H29FN4O/c1-4-11-25-21(28)19-8-6-7-17(12-19)14-26-22(24-5-2)27-15-18-10-9-16(3)20(23)13-18/h6-10,12-13H,4-5,11,14-15H2,1-3H3,(H,25,28)(H2,24,26,27). The second kappa shape index (κ2) is 11.1. The lowest BCUT2D eigenvalue weighted by Gasteiger charge is -2.12. The molecule has 3 N–H and O–H groups in total. The highest BCUT2D eigenvalue weighted by molar-refractivity contribution is 5.94. The highest BCUT2D eigenvalue weighted by atomic mass is 19.1. The summed E-state index contributed by atoms with van der Waals surface area (Å²) in [7, 11) is 0. The highest BCUT2D eigenvalue weighted by Crippen LogP contribution is 2.09. The first kappa shape index (κ1) is 21.4. The summed E-state index contributed by atoms with van der Waals surface area (Å²) in [5.41, 5.74) is 3.06. The summed E-state index contributed by atoms with van der Waals surface area (Å²) in [6.07, 6.45) is 0.901. The zero-order chi connectivity index (χ0) is 20.4. The van der Waals surface area contributed by atoms with Gasteiger partial charge in [-0.2, -0.15) is 0 Å². The van der Waals surface area contributed by atoms with Crippen LogP contribution in [0.2, 0.25) is 0 Å². The molecule has 2 aromatic rings. The molecule has 0 bridgehead atoms. The number of nitrogens with zero attached hydrogens (tertiary/aromatic N) is 1. The lowest BCUT2D eigenvalue weighted by molar-refractivity contribution is 0.0953. The van der Waals surface area contributed by atoms with E-state index in [1.54, 1.807) is 19.1 Å². The van der Waals surface area contributed by atoms with Gasteiger partial charge in [-0.15, -0.1) is 0 Å². The predicted molar refractivity (Wildman–Crippen MR) is 112 cm³/mol. The van der Waals surface area contributed by atoms with Gasteiger partial charge in [-0.3, -0.25) is 4.79 Å². The molecule has 0 aromatic heterocycles. The van der Waals surface area contributed by atoms with Gasteiger partial charge < -0.3 is 16.0 Å². The number of halogens is 1. The molecule has 0 atom stereocenters. The molecule has 0 heterocycles. The van der Waals surface area contributed by atoms with Gasteiger partial charge in [0.25, 0.3) is 5.91 Å². The fraction of sp³-hybridized carbons (Fsp3) is 0.364. The summed E-state index contributed by atoms with van der Waals surface area (Å²) in [6.45, 7) is 8.04. The Bertz CT molecular complexity index is 820. The summed E-state index contributed by atoms with van der Waals surface area (Å²) in [6, 6.07) is 12.7. The van der Waals surface area contributed by atoms with E-state index in [2.05, 4.69) is 20.9 Å². The Balaban J connectivity index is 2.01. The minimum absolute atomic E-state index is 0.0703. The third-order valence-corrected chi connectivity index (χ3v) is 4.18. The number of guanidine groups is 1. The molecule has 0 unspecified atom stereocenters. The number of amides is 1. The van der Waals surface area contributed by atoms with E-state index < -0.39 is 0 Å². The summed E-state index contributed by atoms with van der Waals surface area (Å²) in [4.78, 5) is 16.7. The first-order chi connectivity index (χ1) is 13.5. The Kier molecular flexibility index (Phi) is 8.46. The molecule has 0 saturated heterocycles. The first-order valence-corrected chi connectivity index (χ1v) is 9.67. The van der Waals surface area contributed by atoms with Gasteiger partial charge in [0.15, 0.2) is 5.96 Å². The molecule has 0 spiro atoms. The van der Waals surface area contributed by atoms with Crippen LogP contribution in [-0.2, 0) is 13.1 Å². The van der Waals surface area contributed by atoms with E-state index in [-0.39, 0.29) is 11.7 Å². The van der Waals surface area contributed by atoms with Crippen LogP contribution in [0.25, 0.3) is 0 Å². The number of hydrogen-bond donors (Lipinski definition) is 3. The normalized spacial score (nSPS) is 11.2. The van der Waals surface area contributed by atoms with Crippen molar-refractivity contribution in [3.63, 3.8) is 0 Å². The summed E-state index contributed by atoms with van der Waals surface area (Å²) in [5.74, 6) is 0.364. The summed E-state index contributed by atoms with van der Waals surface area (Å²) >= 11 is 0. The molecule has 0 aliphatic rings. The van der Waals surface area contributed by atoms with E-state index in [4.69, 9.17) is 0 Å². The quantitative estimate of drug-likeness (QED) is 0.482. The van der Waals surface area contributed by atoms with Gasteiger partial charge in [-0.1, -0.05) is 31.2 Å². The third-order valence-electron chi connectivity index (χ3n) is 4.18. The molecule has 0 aliphatic carbocycles. The van der Waals surface area contributed by atoms with Crippen LogP contribution in [0.1, 0.15) is 47.3 Å². The SMILES string of the molecule is CCCNC(=O)c1cccc(CN=C(NCC)NCc2ccc(C)c(F)c2)c1. The fourth-order valence-corrected chi connectivity index (χ4v) is 2.60. The highest BCUT2D eigenvalue weighted by Gasteiger charge is 2.06. The van der Waals surface area contributed by atoms with E-state index in [0.717, 1.165) is 17.5 Å². The first-order valence-electron chi connectivity index (χ1n) is 9.67. The van der Waals surface area contributed by atoms with E-state index in [0.29, 0.717) is 43.3 Å². The van der Waals surface area contributed by atoms with Gasteiger partial charge in [0, 0.05) is 25.2 Å². The molecule has 2 aromatic carbocycles. The van der Waals surface area contributed by atoms with Crippen LogP contribution in [0.3, 0.4) is 0 Å². The molecule has 150 valence electrons. The van der Waals surface area contributed by atoms with Crippen LogP contribution in [0, 0.1) is 12.7 Å². The van der Waals surface area contributed by atoms with Crippen LogP contribution in [-0.4, -0.2) is 25.0 Å². The second-order valence-electron chi connectivity index (χ2n) is 6.59. The maximum Gasteiger partial charge on any atom is 0.251 e. The molecule has 0 fully saturated rings. The average Bonchev–Trinajstić information content (AvgIpc) is 2.71. The van der Waals surface area contributed by atoms with E-state index in [1.807, 2.05) is 38.1 Å². The number of rotatable bonds is 8. The number of aryl methyl sites for hydroxylation is 1. The molecular weight excluding hydrogens is 355 g/mol. The summed E-state index contributed by atoms with van der Waals surface area (Å²) < 4.78 is 13.7. The molecule has 28 heavy (non-hydrogen) atoms. The Morgan fingerprint density at radius 3 is 2.57 bits per heavy atom. The predicted octanol–water partition coefficient (Wildman–Crippen LogP) is 3.53. The van der Waals surface area contributed by atoms with Crippen molar-refractivity contribution in [1.29, 1.82) is 0 Å². The van der Waals surface area contributed by atoms with Crippen molar-refractivity contribution in [3.05, 3.63) is 70.5 Å². The number of nitrogens with one attached hydrogen (secondary N) is 3. The minimum atomic E-state index is -0.209. The Labute approximate surface area is 166 Å². The van der Waals surface area contributed by atoms with Crippen LogP contribution < -0.4 is 16.0 Å². The van der Waals surface area contributed by atoms with Gasteiger partial charge in [0.05, 0.1) is 6.54 Å². The zero-order valence-electron chi connectivity index (χ0n) is 16.8. The molecule has 0 radical (unpaired) electrons. The molecule has 2 rings (SSSR count). The number of hydrogen-bond acceptors (Lipinski definition) is 2. The largest absolute Gasteiger partial charge is 0.357 e. The van der Waals surface area contributed by atoms with Crippen molar-refractivity contribution in [1.82, 2.24) is 16.0 Å². The van der Waals surface area contributed by atoms with Crippen molar-refractivity contribution < 1.29 is 9.18 Å². The molecule has 5 nitrogen and oxygen atoms in total. The van der Waals surface area contributed by atoms with Crippen molar-refractivity contribution in [2.45, 2.75) is 40.3 Å². The number of carbonyl (C=O) groups excluding carboxylic acids is 1. The number of benzene rings is 2. The van der Waals surface area contributed by atoms with Gasteiger partial charge in [-0.25, -0.2) is 9.38 Å². The molecule has 0 saturated carbocycles. The average molecular weight is 384 g/mol. The maximum atomic E-state index is 13.7. The Hall–Kier alpha value is -2.89.